The number of amides is 4. The lowest BCUT2D eigenvalue weighted by atomic mass is 9.97. The molecule has 0 aromatic heterocycles. The molecule has 2 heterocycles. The van der Waals surface area contributed by atoms with Gasteiger partial charge in [-0.1, -0.05) is 106 Å². The summed E-state index contributed by atoms with van der Waals surface area (Å²) in [6.07, 6.45) is 10.7. The highest BCUT2D eigenvalue weighted by atomic mass is 32.2. The highest BCUT2D eigenvalue weighted by Crippen LogP contribution is 2.15. The zero-order valence-corrected chi connectivity index (χ0v) is 33.7. The second-order valence-corrected chi connectivity index (χ2v) is 15.9. The topological polar surface area (TPSA) is 168 Å². The van der Waals surface area contributed by atoms with Crippen molar-refractivity contribution >= 4 is 64.7 Å². The van der Waals surface area contributed by atoms with Gasteiger partial charge >= 0.3 is 0 Å². The van der Waals surface area contributed by atoms with Crippen LogP contribution >= 0.6 is 24.4 Å². The molecule has 11 nitrogen and oxygen atoms in total. The van der Waals surface area contributed by atoms with Gasteiger partial charge in [-0.05, 0) is 68.2 Å². The lowest BCUT2D eigenvalue weighted by molar-refractivity contribution is -0.133. The standard InChI is InChI=1S/C22H30N2O4S.C20H28N2O3S.CH4/c1-16(25)29-14-7-3-6-11-18(20(26)15-17-9-4-2-5-10-17)24-22(28)19-12-8-13-21(27)23-19;23-18(14-15-8-3-1-4-9-15)16(10-5-2-6-13-26)22-20(25)17-11-7-12-19(24)21-17;/h2,4-5,9-10,18-19H,3,6-8,11-15H2,1H3,(H,23,27)(H,24,28);1,3-4,8-9,16-17,26H,2,5-7,10-14H2,(H,21,24)(H,22,25);1H4/t18-,19-;16-,17-;/m00./s1. The Hall–Kier alpha value is -3.97. The second-order valence-electron chi connectivity index (χ2n) is 14.2. The minimum absolute atomic E-state index is 0. The summed E-state index contributed by atoms with van der Waals surface area (Å²) in [5.74, 6) is 0.836. The molecule has 0 saturated carbocycles. The number of unbranched alkanes of at least 4 members (excludes halogenated alkanes) is 4. The van der Waals surface area contributed by atoms with E-state index in [0.29, 0.717) is 57.8 Å². The zero-order chi connectivity index (χ0) is 39.8. The molecule has 4 rings (SSSR count). The van der Waals surface area contributed by atoms with Gasteiger partial charge < -0.3 is 21.3 Å². The summed E-state index contributed by atoms with van der Waals surface area (Å²) in [4.78, 5) is 84.8. The third kappa shape index (κ3) is 19.3. The van der Waals surface area contributed by atoms with Crippen LogP contribution in [0, 0.1) is 0 Å². The molecule has 308 valence electrons. The molecule has 4 amide bonds. The Bertz CT molecular complexity index is 1540. The van der Waals surface area contributed by atoms with E-state index >= 15 is 0 Å². The van der Waals surface area contributed by atoms with E-state index < -0.39 is 24.2 Å². The van der Waals surface area contributed by atoms with Gasteiger partial charge in [-0.25, -0.2) is 0 Å². The van der Waals surface area contributed by atoms with Crippen molar-refractivity contribution in [3.63, 3.8) is 0 Å². The molecule has 4 atom stereocenters. The van der Waals surface area contributed by atoms with Gasteiger partial charge in [-0.3, -0.25) is 33.6 Å². The zero-order valence-electron chi connectivity index (χ0n) is 32.0. The van der Waals surface area contributed by atoms with E-state index in [1.807, 2.05) is 60.7 Å². The van der Waals surface area contributed by atoms with Gasteiger partial charge in [0.15, 0.2) is 16.7 Å². The summed E-state index contributed by atoms with van der Waals surface area (Å²) in [6.45, 7) is 1.56. The van der Waals surface area contributed by atoms with E-state index in [9.17, 15) is 33.6 Å². The molecular formula is C43H62N4O7S2. The van der Waals surface area contributed by atoms with E-state index in [1.165, 1.54) is 11.8 Å². The number of piperidine rings is 2. The summed E-state index contributed by atoms with van der Waals surface area (Å²) >= 11 is 5.52. The van der Waals surface area contributed by atoms with Crippen LogP contribution in [0.5, 0.6) is 0 Å². The van der Waals surface area contributed by atoms with Gasteiger partial charge in [0.1, 0.15) is 12.1 Å². The quantitative estimate of drug-likeness (QED) is 0.0772. The normalized spacial score (nSPS) is 17.3. The molecule has 0 spiro atoms. The Morgan fingerprint density at radius 2 is 1.11 bits per heavy atom. The van der Waals surface area contributed by atoms with Crippen molar-refractivity contribution < 1.29 is 33.6 Å². The number of Topliss-reactive ketones (excluding diaryl/α,β-unsaturated/α-hetero) is 2. The second kappa shape index (κ2) is 27.6. The van der Waals surface area contributed by atoms with Crippen LogP contribution in [-0.4, -0.2) is 76.0 Å². The third-order valence-electron chi connectivity index (χ3n) is 9.54. The van der Waals surface area contributed by atoms with E-state index in [-0.39, 0.29) is 54.2 Å². The average molecular weight is 811 g/mol. The maximum atomic E-state index is 12.9. The molecule has 2 fully saturated rings. The minimum atomic E-state index is -0.568. The largest absolute Gasteiger partial charge is 0.344 e. The molecule has 4 N–H and O–H groups in total. The molecular weight excluding hydrogens is 749 g/mol. The molecule has 0 bridgehead atoms. The first-order valence-corrected chi connectivity index (χ1v) is 21.2. The minimum Gasteiger partial charge on any atom is -0.344 e. The number of ketones is 2. The SMILES string of the molecule is C.CC(=O)SCCCCC[C@H](NC(=O)[C@@H]1CCCC(=O)N1)C(=O)Cc1ccccc1.O=C1CCC[C@@H](C(=O)N[C@@H](CCCCCS)C(=O)Cc2ccccc2)N1. The first-order chi connectivity index (χ1) is 26.5. The molecule has 13 heteroatoms. The Morgan fingerprint density at radius 3 is 1.50 bits per heavy atom. The van der Waals surface area contributed by atoms with Gasteiger partial charge in [-0.2, -0.15) is 12.6 Å². The number of benzene rings is 2. The Morgan fingerprint density at radius 1 is 0.679 bits per heavy atom. The van der Waals surface area contributed by atoms with Crippen LogP contribution in [0.4, 0.5) is 0 Å². The number of rotatable bonds is 21. The van der Waals surface area contributed by atoms with Crippen molar-refractivity contribution in [2.45, 2.75) is 141 Å². The van der Waals surface area contributed by atoms with Crippen LogP contribution < -0.4 is 21.3 Å². The fourth-order valence-electron chi connectivity index (χ4n) is 6.50. The summed E-state index contributed by atoms with van der Waals surface area (Å²) in [5, 5.41) is 11.3. The van der Waals surface area contributed by atoms with Crippen LogP contribution in [0.1, 0.15) is 115 Å². The lowest BCUT2D eigenvalue weighted by Gasteiger charge is -2.25. The van der Waals surface area contributed by atoms with Gasteiger partial charge in [0.2, 0.25) is 23.6 Å². The first kappa shape index (κ1) is 48.2. The lowest BCUT2D eigenvalue weighted by Crippen LogP contribution is -2.53. The number of carbonyl (C=O) groups excluding carboxylic acids is 7. The Balaban J connectivity index is 0.000000382. The predicted octanol–water partition coefficient (Wildman–Crippen LogP) is 5.87. The van der Waals surface area contributed by atoms with Crippen molar-refractivity contribution in [3.05, 3.63) is 71.8 Å². The molecule has 0 aliphatic carbocycles. The molecule has 2 aromatic rings. The summed E-state index contributed by atoms with van der Waals surface area (Å²) in [7, 11) is 0. The van der Waals surface area contributed by atoms with Crippen LogP contribution in [0.25, 0.3) is 0 Å². The molecule has 0 unspecified atom stereocenters. The van der Waals surface area contributed by atoms with Crippen LogP contribution in [0.15, 0.2) is 60.7 Å². The molecule has 2 aliphatic rings. The fourth-order valence-corrected chi connectivity index (χ4v) is 7.36. The first-order valence-electron chi connectivity index (χ1n) is 19.6. The number of hydrogen-bond acceptors (Lipinski definition) is 9. The number of thioether (sulfide) groups is 1. The summed E-state index contributed by atoms with van der Waals surface area (Å²) in [5.41, 5.74) is 1.86. The maximum Gasteiger partial charge on any atom is 0.243 e. The van der Waals surface area contributed by atoms with Gasteiger partial charge in [-0.15, -0.1) is 0 Å². The van der Waals surface area contributed by atoms with E-state index in [0.717, 1.165) is 61.2 Å². The monoisotopic (exact) mass is 810 g/mol. The Labute approximate surface area is 342 Å². The Kier molecular flexibility index (Phi) is 23.7. The number of thiol groups is 1. The van der Waals surface area contributed by atoms with Crippen LogP contribution in [0.3, 0.4) is 0 Å². The molecule has 0 radical (unpaired) electrons. The number of hydrogen-bond donors (Lipinski definition) is 5. The third-order valence-corrected chi connectivity index (χ3v) is 10.8. The smallest absolute Gasteiger partial charge is 0.243 e. The van der Waals surface area contributed by atoms with Crippen molar-refractivity contribution in [3.8, 4) is 0 Å². The highest BCUT2D eigenvalue weighted by molar-refractivity contribution is 8.13. The maximum absolute atomic E-state index is 12.9. The van der Waals surface area contributed by atoms with Crippen LogP contribution in [0.2, 0.25) is 0 Å². The van der Waals surface area contributed by atoms with Crippen molar-refractivity contribution in [1.29, 1.82) is 0 Å². The van der Waals surface area contributed by atoms with Gasteiger partial charge in [0, 0.05) is 38.4 Å². The average Bonchev–Trinajstić information content (AvgIpc) is 3.17. The van der Waals surface area contributed by atoms with Gasteiger partial charge in [0.25, 0.3) is 0 Å². The van der Waals surface area contributed by atoms with E-state index in [4.69, 9.17) is 0 Å². The van der Waals surface area contributed by atoms with E-state index in [2.05, 4.69) is 33.9 Å². The number of nitrogens with one attached hydrogen (secondary N) is 4. The van der Waals surface area contributed by atoms with Crippen LogP contribution in [-0.2, 0) is 46.4 Å². The summed E-state index contributed by atoms with van der Waals surface area (Å²) < 4.78 is 0. The number of carbonyl (C=O) groups is 7. The molecule has 2 saturated heterocycles. The highest BCUT2D eigenvalue weighted by Gasteiger charge is 2.30. The van der Waals surface area contributed by atoms with E-state index in [1.54, 1.807) is 6.92 Å². The predicted molar refractivity (Wildman–Crippen MR) is 226 cm³/mol. The van der Waals surface area contributed by atoms with Crippen molar-refractivity contribution in [2.24, 2.45) is 0 Å². The summed E-state index contributed by atoms with van der Waals surface area (Å²) in [6, 6.07) is 16.9. The molecule has 56 heavy (non-hydrogen) atoms. The molecule has 2 aromatic carbocycles. The van der Waals surface area contributed by atoms with Crippen molar-refractivity contribution in [2.75, 3.05) is 11.5 Å². The van der Waals surface area contributed by atoms with Gasteiger partial charge in [0.05, 0.1) is 12.1 Å². The fraction of sp³-hybridized carbons (Fsp3) is 0.558. The molecule has 2 aliphatic heterocycles. The van der Waals surface area contributed by atoms with Crippen molar-refractivity contribution in [1.82, 2.24) is 21.3 Å².